The number of hydrogen-bond acceptors (Lipinski definition) is 3. The maximum atomic E-state index is 6.02. The van der Waals surface area contributed by atoms with Crippen LogP contribution < -0.4 is 5.73 Å². The van der Waals surface area contributed by atoms with E-state index in [1.165, 1.54) is 10.6 Å². The third-order valence-corrected chi connectivity index (χ3v) is 4.17. The average Bonchev–Trinajstić information content (AvgIpc) is 2.98. The molecular weight excluding hydrogens is 242 g/mol. The Hall–Kier alpha value is -1.13. The van der Waals surface area contributed by atoms with Gasteiger partial charge in [0.2, 0.25) is 0 Å². The van der Waals surface area contributed by atoms with Gasteiger partial charge in [0.1, 0.15) is 0 Å². The van der Waals surface area contributed by atoms with E-state index in [-0.39, 0.29) is 5.54 Å². The van der Waals surface area contributed by atoms with Crippen molar-refractivity contribution in [2.45, 2.75) is 32.7 Å². The van der Waals surface area contributed by atoms with Gasteiger partial charge in [0.15, 0.2) is 0 Å². The van der Waals surface area contributed by atoms with Crippen molar-refractivity contribution in [1.82, 2.24) is 9.55 Å². The number of hydrogen-bond donors (Lipinski definition) is 1. The molecule has 0 saturated carbocycles. The molecule has 0 aliphatic rings. The molecule has 1 atom stereocenters. The first-order valence-electron chi connectivity index (χ1n) is 6.33. The summed E-state index contributed by atoms with van der Waals surface area (Å²) in [4.78, 5) is 5.56. The lowest BCUT2D eigenvalue weighted by atomic mass is 9.90. The van der Waals surface area contributed by atoms with Gasteiger partial charge in [0.05, 0.1) is 28.6 Å². The average molecular weight is 263 g/mol. The summed E-state index contributed by atoms with van der Waals surface area (Å²) in [5.41, 5.74) is 7.12. The molecule has 18 heavy (non-hydrogen) atoms. The molecule has 3 nitrogen and oxygen atoms in total. The first-order valence-corrected chi connectivity index (χ1v) is 7.21. The predicted molar refractivity (Wildman–Crippen MR) is 77.7 cm³/mol. The Bertz CT molecular complexity index is 487. The van der Waals surface area contributed by atoms with E-state index in [0.29, 0.717) is 12.5 Å². The van der Waals surface area contributed by atoms with Gasteiger partial charge in [-0.2, -0.15) is 0 Å². The second kappa shape index (κ2) is 5.24. The van der Waals surface area contributed by atoms with E-state index in [9.17, 15) is 0 Å². The van der Waals surface area contributed by atoms with Crippen molar-refractivity contribution in [2.24, 2.45) is 11.7 Å². The largest absolute Gasteiger partial charge is 0.328 e. The summed E-state index contributed by atoms with van der Waals surface area (Å²) in [6, 6.07) is 4.20. The second-order valence-corrected chi connectivity index (χ2v) is 6.37. The molecule has 2 aromatic rings. The minimum absolute atomic E-state index is 0.0655. The fourth-order valence-electron chi connectivity index (χ4n) is 2.49. The monoisotopic (exact) mass is 263 g/mol. The molecule has 4 heteroatoms. The molecule has 2 heterocycles. The van der Waals surface area contributed by atoms with Crippen LogP contribution in [0.25, 0.3) is 10.6 Å². The zero-order valence-corrected chi connectivity index (χ0v) is 12.1. The Balaban J connectivity index is 2.41. The summed E-state index contributed by atoms with van der Waals surface area (Å²) in [6.45, 7) is 7.30. The fraction of sp³-hybridized carbons (Fsp3) is 0.500. The number of rotatable bonds is 5. The summed E-state index contributed by atoms with van der Waals surface area (Å²) < 4.78 is 2.23. The summed E-state index contributed by atoms with van der Waals surface area (Å²) in [6.07, 6.45) is 4.89. The van der Waals surface area contributed by atoms with E-state index < -0.39 is 0 Å². The van der Waals surface area contributed by atoms with Crippen molar-refractivity contribution < 1.29 is 0 Å². The van der Waals surface area contributed by atoms with Crippen LogP contribution in [0.2, 0.25) is 0 Å². The summed E-state index contributed by atoms with van der Waals surface area (Å²) in [5.74, 6) is 0.608. The lowest BCUT2D eigenvalue weighted by molar-refractivity contribution is 0.267. The molecule has 0 fully saturated rings. The number of imidazole rings is 1. The van der Waals surface area contributed by atoms with Gasteiger partial charge >= 0.3 is 0 Å². The Kier molecular flexibility index (Phi) is 3.88. The highest BCUT2D eigenvalue weighted by molar-refractivity contribution is 7.13. The van der Waals surface area contributed by atoms with E-state index in [1.54, 1.807) is 11.3 Å². The van der Waals surface area contributed by atoms with Gasteiger partial charge in [-0.3, -0.25) is 0 Å². The molecule has 0 aromatic carbocycles. The molecule has 0 aliphatic carbocycles. The Morgan fingerprint density at radius 1 is 1.50 bits per heavy atom. The van der Waals surface area contributed by atoms with Gasteiger partial charge in [-0.25, -0.2) is 4.98 Å². The first kappa shape index (κ1) is 13.3. The minimum atomic E-state index is -0.0655. The molecule has 0 bridgehead atoms. The van der Waals surface area contributed by atoms with Crippen LogP contribution in [0.4, 0.5) is 0 Å². The van der Waals surface area contributed by atoms with E-state index in [0.717, 1.165) is 6.42 Å². The molecule has 0 saturated heterocycles. The highest BCUT2D eigenvalue weighted by atomic mass is 32.1. The quantitative estimate of drug-likeness (QED) is 0.899. The van der Waals surface area contributed by atoms with Crippen LogP contribution in [-0.4, -0.2) is 16.1 Å². The molecule has 0 radical (unpaired) electrons. The second-order valence-electron chi connectivity index (χ2n) is 5.43. The van der Waals surface area contributed by atoms with Crippen LogP contribution in [0.1, 0.15) is 27.2 Å². The number of nitrogens with zero attached hydrogens (tertiary/aromatic N) is 2. The SMILES string of the molecule is CC(C)CC(C)(CN)n1cncc1-c1cccs1. The fourth-order valence-corrected chi connectivity index (χ4v) is 3.22. The Morgan fingerprint density at radius 3 is 2.83 bits per heavy atom. The smallest absolute Gasteiger partial charge is 0.0956 e. The number of thiophene rings is 1. The molecule has 2 aromatic heterocycles. The minimum Gasteiger partial charge on any atom is -0.328 e. The van der Waals surface area contributed by atoms with E-state index in [1.807, 2.05) is 12.5 Å². The normalized spacial score (nSPS) is 14.9. The van der Waals surface area contributed by atoms with Crippen molar-refractivity contribution in [3.05, 3.63) is 30.0 Å². The van der Waals surface area contributed by atoms with E-state index in [2.05, 4.69) is 47.8 Å². The van der Waals surface area contributed by atoms with Gasteiger partial charge in [0, 0.05) is 6.54 Å². The Morgan fingerprint density at radius 2 is 2.28 bits per heavy atom. The van der Waals surface area contributed by atoms with Crippen LogP contribution in [-0.2, 0) is 5.54 Å². The molecule has 0 spiro atoms. The van der Waals surface area contributed by atoms with Crippen molar-refractivity contribution in [2.75, 3.05) is 6.54 Å². The van der Waals surface area contributed by atoms with Crippen LogP contribution in [0.5, 0.6) is 0 Å². The molecule has 1 unspecified atom stereocenters. The zero-order valence-electron chi connectivity index (χ0n) is 11.3. The number of aromatic nitrogens is 2. The van der Waals surface area contributed by atoms with E-state index in [4.69, 9.17) is 5.73 Å². The van der Waals surface area contributed by atoms with Crippen molar-refractivity contribution >= 4 is 11.3 Å². The van der Waals surface area contributed by atoms with Crippen molar-refractivity contribution in [3.63, 3.8) is 0 Å². The van der Waals surface area contributed by atoms with Crippen LogP contribution in [0.3, 0.4) is 0 Å². The molecule has 2 rings (SSSR count). The van der Waals surface area contributed by atoms with Crippen LogP contribution >= 0.6 is 11.3 Å². The maximum Gasteiger partial charge on any atom is 0.0956 e. The Labute approximate surface area is 113 Å². The summed E-state index contributed by atoms with van der Waals surface area (Å²) in [7, 11) is 0. The van der Waals surface area contributed by atoms with Gasteiger partial charge in [0.25, 0.3) is 0 Å². The van der Waals surface area contributed by atoms with Crippen LogP contribution in [0, 0.1) is 5.92 Å². The third-order valence-electron chi connectivity index (χ3n) is 3.28. The lowest BCUT2D eigenvalue weighted by Crippen LogP contribution is -2.39. The third kappa shape index (κ3) is 2.49. The number of nitrogens with two attached hydrogens (primary N) is 1. The zero-order chi connectivity index (χ0) is 13.2. The van der Waals surface area contributed by atoms with Gasteiger partial charge in [-0.1, -0.05) is 19.9 Å². The molecule has 2 N–H and O–H groups in total. The summed E-state index contributed by atoms with van der Waals surface area (Å²) in [5, 5.41) is 2.09. The van der Waals surface area contributed by atoms with E-state index >= 15 is 0 Å². The van der Waals surface area contributed by atoms with Crippen LogP contribution in [0.15, 0.2) is 30.0 Å². The lowest BCUT2D eigenvalue weighted by Gasteiger charge is -2.33. The molecule has 0 aliphatic heterocycles. The topological polar surface area (TPSA) is 43.8 Å². The predicted octanol–water partition coefficient (Wildman–Crippen LogP) is 3.33. The summed E-state index contributed by atoms with van der Waals surface area (Å²) >= 11 is 1.74. The van der Waals surface area contributed by atoms with Gasteiger partial charge in [-0.05, 0) is 30.7 Å². The standard InChI is InChI=1S/C14H21N3S/c1-11(2)7-14(3,9-15)17-10-16-8-12(17)13-5-4-6-18-13/h4-6,8,10-11H,7,9,15H2,1-3H3. The highest BCUT2D eigenvalue weighted by Gasteiger charge is 2.28. The van der Waals surface area contributed by atoms with Gasteiger partial charge in [-0.15, -0.1) is 11.3 Å². The van der Waals surface area contributed by atoms with Crippen molar-refractivity contribution in [3.8, 4) is 10.6 Å². The van der Waals surface area contributed by atoms with Gasteiger partial charge < -0.3 is 10.3 Å². The molecular formula is C14H21N3S. The first-order chi connectivity index (χ1) is 8.57. The maximum absolute atomic E-state index is 6.02. The van der Waals surface area contributed by atoms with Crippen molar-refractivity contribution in [1.29, 1.82) is 0 Å². The molecule has 0 amide bonds. The molecule has 98 valence electrons. The highest BCUT2D eigenvalue weighted by Crippen LogP contribution is 2.32.